The zero-order chi connectivity index (χ0) is 14.2. The molecule has 0 amide bonds. The summed E-state index contributed by atoms with van der Waals surface area (Å²) in [6.45, 7) is 1.66. The van der Waals surface area contributed by atoms with E-state index in [4.69, 9.17) is 9.84 Å². The first kappa shape index (κ1) is 13.1. The van der Waals surface area contributed by atoms with Crippen LogP contribution < -0.4 is 0 Å². The van der Waals surface area contributed by atoms with Gasteiger partial charge >= 0.3 is 5.97 Å². The molecule has 1 saturated carbocycles. The molecule has 5 heteroatoms. The molecule has 0 unspecified atom stereocenters. The summed E-state index contributed by atoms with van der Waals surface area (Å²) in [6.07, 6.45) is 5.26. The molecular weight excluding hydrogens is 256 g/mol. The van der Waals surface area contributed by atoms with Crippen molar-refractivity contribution in [1.82, 2.24) is 9.55 Å². The maximum absolute atomic E-state index is 11.1. The van der Waals surface area contributed by atoms with Gasteiger partial charge in [-0.05, 0) is 42.9 Å². The van der Waals surface area contributed by atoms with Gasteiger partial charge in [0.05, 0.1) is 22.9 Å². The fourth-order valence-corrected chi connectivity index (χ4v) is 2.66. The fourth-order valence-electron chi connectivity index (χ4n) is 2.66. The van der Waals surface area contributed by atoms with Gasteiger partial charge < -0.3 is 14.4 Å². The number of methoxy groups -OCH3 is 1. The number of aromatic nitrogens is 2. The first-order valence-electron chi connectivity index (χ1n) is 6.81. The Morgan fingerprint density at radius 2 is 2.30 bits per heavy atom. The average Bonchev–Trinajstić information content (AvgIpc) is 3.10. The molecule has 0 aliphatic heterocycles. The third kappa shape index (κ3) is 2.41. The zero-order valence-electron chi connectivity index (χ0n) is 11.5. The molecule has 1 N–H and O–H groups in total. The smallest absolute Gasteiger partial charge is 0.335 e. The van der Waals surface area contributed by atoms with Gasteiger partial charge in [-0.2, -0.15) is 0 Å². The van der Waals surface area contributed by atoms with Crippen molar-refractivity contribution in [2.24, 2.45) is 5.41 Å². The van der Waals surface area contributed by atoms with E-state index in [9.17, 15) is 4.79 Å². The second-order valence-electron chi connectivity index (χ2n) is 5.62. The molecule has 5 nitrogen and oxygen atoms in total. The number of imidazole rings is 1. The first-order chi connectivity index (χ1) is 9.63. The summed E-state index contributed by atoms with van der Waals surface area (Å²) >= 11 is 0. The number of carboxylic acid groups (broad SMARTS) is 1. The van der Waals surface area contributed by atoms with Crippen LogP contribution in [-0.2, 0) is 11.3 Å². The molecule has 0 atom stereocenters. The molecule has 0 radical (unpaired) electrons. The minimum Gasteiger partial charge on any atom is -0.478 e. The van der Waals surface area contributed by atoms with Crippen molar-refractivity contribution in [3.05, 3.63) is 30.1 Å². The highest BCUT2D eigenvalue weighted by Crippen LogP contribution is 2.50. The highest BCUT2D eigenvalue weighted by atomic mass is 16.5. The van der Waals surface area contributed by atoms with E-state index in [2.05, 4.69) is 9.55 Å². The van der Waals surface area contributed by atoms with Crippen LogP contribution >= 0.6 is 0 Å². The molecule has 2 aromatic rings. The lowest BCUT2D eigenvalue weighted by molar-refractivity contribution is 0.0697. The summed E-state index contributed by atoms with van der Waals surface area (Å²) in [7, 11) is 1.72. The Kier molecular flexibility index (Phi) is 3.22. The van der Waals surface area contributed by atoms with Gasteiger partial charge in [0.2, 0.25) is 0 Å². The SMILES string of the molecule is COCCC1(Cn2cnc3ccc(C(=O)O)cc32)CC1. The van der Waals surface area contributed by atoms with Gasteiger partial charge in [0.1, 0.15) is 0 Å². The highest BCUT2D eigenvalue weighted by Gasteiger charge is 2.42. The molecule has 1 aliphatic rings. The summed E-state index contributed by atoms with van der Waals surface area (Å²) in [5.41, 5.74) is 2.36. The van der Waals surface area contributed by atoms with Crippen molar-refractivity contribution >= 4 is 17.0 Å². The summed E-state index contributed by atoms with van der Waals surface area (Å²) in [5, 5.41) is 9.09. The second kappa shape index (κ2) is 4.90. The van der Waals surface area contributed by atoms with E-state index < -0.39 is 5.97 Å². The van der Waals surface area contributed by atoms with Gasteiger partial charge in [-0.25, -0.2) is 9.78 Å². The number of hydrogen-bond acceptors (Lipinski definition) is 3. The molecule has 20 heavy (non-hydrogen) atoms. The van der Waals surface area contributed by atoms with Gasteiger partial charge in [-0.1, -0.05) is 0 Å². The van der Waals surface area contributed by atoms with Crippen LogP contribution in [0.4, 0.5) is 0 Å². The molecule has 1 heterocycles. The maximum atomic E-state index is 11.1. The molecule has 0 spiro atoms. The van der Waals surface area contributed by atoms with Crippen molar-refractivity contribution in [2.75, 3.05) is 13.7 Å². The van der Waals surface area contributed by atoms with Crippen molar-refractivity contribution in [3.63, 3.8) is 0 Å². The molecule has 1 aromatic heterocycles. The predicted octanol–water partition coefficient (Wildman–Crippen LogP) is 2.55. The number of carbonyl (C=O) groups is 1. The Labute approximate surface area is 117 Å². The van der Waals surface area contributed by atoms with Crippen LogP contribution in [0.15, 0.2) is 24.5 Å². The van der Waals surface area contributed by atoms with Crippen molar-refractivity contribution in [2.45, 2.75) is 25.8 Å². The second-order valence-corrected chi connectivity index (χ2v) is 5.62. The number of ether oxygens (including phenoxy) is 1. The Bertz CT molecular complexity index is 644. The van der Waals surface area contributed by atoms with Crippen LogP contribution in [0.1, 0.15) is 29.6 Å². The van der Waals surface area contributed by atoms with Crippen LogP contribution in [0, 0.1) is 5.41 Å². The molecule has 0 bridgehead atoms. The summed E-state index contributed by atoms with van der Waals surface area (Å²) < 4.78 is 7.25. The fraction of sp³-hybridized carbons (Fsp3) is 0.467. The van der Waals surface area contributed by atoms with Gasteiger partial charge in [0, 0.05) is 20.3 Å². The van der Waals surface area contributed by atoms with Crippen LogP contribution in [-0.4, -0.2) is 34.3 Å². The minimum absolute atomic E-state index is 0.306. The van der Waals surface area contributed by atoms with E-state index in [1.807, 2.05) is 6.33 Å². The minimum atomic E-state index is -0.903. The molecular formula is C15H18N2O3. The Hall–Kier alpha value is -1.88. The quantitative estimate of drug-likeness (QED) is 0.879. The van der Waals surface area contributed by atoms with E-state index >= 15 is 0 Å². The standard InChI is InChI=1S/C15H18N2O3/c1-20-7-6-15(4-5-15)9-17-10-16-12-3-2-11(14(18)19)8-13(12)17/h2-3,8,10H,4-7,9H2,1H3,(H,18,19). The third-order valence-corrected chi connectivity index (χ3v) is 4.17. The maximum Gasteiger partial charge on any atom is 0.335 e. The van der Waals surface area contributed by atoms with Crippen LogP contribution in [0.2, 0.25) is 0 Å². The van der Waals surface area contributed by atoms with E-state index in [1.54, 1.807) is 25.3 Å². The Morgan fingerprint density at radius 3 is 2.95 bits per heavy atom. The van der Waals surface area contributed by atoms with E-state index in [1.165, 1.54) is 12.8 Å². The third-order valence-electron chi connectivity index (χ3n) is 4.17. The van der Waals surface area contributed by atoms with Crippen molar-refractivity contribution in [1.29, 1.82) is 0 Å². The number of benzene rings is 1. The lowest BCUT2D eigenvalue weighted by Crippen LogP contribution is -2.13. The number of fused-ring (bicyclic) bond motifs is 1. The molecule has 1 aliphatic carbocycles. The van der Waals surface area contributed by atoms with Crippen LogP contribution in [0.3, 0.4) is 0 Å². The normalized spacial score (nSPS) is 16.4. The first-order valence-corrected chi connectivity index (χ1v) is 6.81. The monoisotopic (exact) mass is 274 g/mol. The number of aromatic carboxylic acids is 1. The van der Waals surface area contributed by atoms with E-state index in [-0.39, 0.29) is 0 Å². The Balaban J connectivity index is 1.88. The van der Waals surface area contributed by atoms with Gasteiger partial charge in [0.15, 0.2) is 0 Å². The van der Waals surface area contributed by atoms with Crippen LogP contribution in [0.5, 0.6) is 0 Å². The number of carboxylic acids is 1. The van der Waals surface area contributed by atoms with Crippen molar-refractivity contribution in [3.8, 4) is 0 Å². The molecule has 3 rings (SSSR count). The number of hydrogen-bond donors (Lipinski definition) is 1. The predicted molar refractivity (Wildman–Crippen MR) is 74.9 cm³/mol. The molecule has 0 saturated heterocycles. The highest BCUT2D eigenvalue weighted by molar-refractivity contribution is 5.92. The lowest BCUT2D eigenvalue weighted by atomic mass is 10.0. The Morgan fingerprint density at radius 1 is 1.50 bits per heavy atom. The van der Waals surface area contributed by atoms with Crippen molar-refractivity contribution < 1.29 is 14.6 Å². The van der Waals surface area contributed by atoms with Crippen LogP contribution in [0.25, 0.3) is 11.0 Å². The summed E-state index contributed by atoms with van der Waals surface area (Å²) in [5.74, 6) is -0.903. The number of nitrogens with zero attached hydrogens (tertiary/aromatic N) is 2. The topological polar surface area (TPSA) is 64.4 Å². The van der Waals surface area contributed by atoms with Gasteiger partial charge in [-0.15, -0.1) is 0 Å². The lowest BCUT2D eigenvalue weighted by Gasteiger charge is -2.16. The zero-order valence-corrected chi connectivity index (χ0v) is 11.5. The van der Waals surface area contributed by atoms with Gasteiger partial charge in [0.25, 0.3) is 0 Å². The molecule has 1 fully saturated rings. The van der Waals surface area contributed by atoms with E-state index in [0.29, 0.717) is 11.0 Å². The molecule has 1 aromatic carbocycles. The van der Waals surface area contributed by atoms with Gasteiger partial charge in [-0.3, -0.25) is 0 Å². The number of rotatable bonds is 6. The summed E-state index contributed by atoms with van der Waals surface area (Å²) in [4.78, 5) is 15.4. The largest absolute Gasteiger partial charge is 0.478 e. The average molecular weight is 274 g/mol. The molecule has 106 valence electrons. The van der Waals surface area contributed by atoms with E-state index in [0.717, 1.165) is 30.6 Å². The summed E-state index contributed by atoms with van der Waals surface area (Å²) in [6, 6.07) is 5.07.